The number of fused-ring (bicyclic) bond motifs is 1. The number of rotatable bonds is 2. The summed E-state index contributed by atoms with van der Waals surface area (Å²) >= 11 is 1.56. The summed E-state index contributed by atoms with van der Waals surface area (Å²) in [6.45, 7) is 8.99. The molecule has 25 heavy (non-hydrogen) atoms. The Morgan fingerprint density at radius 2 is 2.12 bits per heavy atom. The number of benzene rings is 1. The van der Waals surface area contributed by atoms with Gasteiger partial charge < -0.3 is 4.74 Å². The minimum Gasteiger partial charge on any atom is -0.462 e. The first-order chi connectivity index (χ1) is 11.9. The Bertz CT molecular complexity index is 903. The highest BCUT2D eigenvalue weighted by Crippen LogP contribution is 2.39. The molecule has 3 heteroatoms. The van der Waals surface area contributed by atoms with Gasteiger partial charge in [0.1, 0.15) is 0 Å². The van der Waals surface area contributed by atoms with Crippen LogP contribution in [-0.4, -0.2) is 12.6 Å². The number of hydrogen-bond donors (Lipinski definition) is 0. The van der Waals surface area contributed by atoms with Crippen LogP contribution in [0.2, 0.25) is 0 Å². The fraction of sp³-hybridized carbons (Fsp3) is 0.409. The number of hydrogen-bond acceptors (Lipinski definition) is 3. The Morgan fingerprint density at radius 1 is 1.32 bits per heavy atom. The van der Waals surface area contributed by atoms with Gasteiger partial charge in [0.2, 0.25) is 0 Å². The molecule has 0 saturated heterocycles. The van der Waals surface area contributed by atoms with Crippen LogP contribution in [0, 0.1) is 17.3 Å². The normalized spacial score (nSPS) is 16.5. The Morgan fingerprint density at radius 3 is 2.84 bits per heavy atom. The molecular weight excluding hydrogens is 328 g/mol. The van der Waals surface area contributed by atoms with Gasteiger partial charge in [-0.1, -0.05) is 37.3 Å². The molecule has 0 radical (unpaired) electrons. The smallest absolute Gasteiger partial charge is 0.339 e. The number of ether oxygens (including phenoxy) is 1. The van der Waals surface area contributed by atoms with Crippen molar-refractivity contribution in [2.24, 2.45) is 5.41 Å². The second-order valence-corrected chi connectivity index (χ2v) is 8.13. The van der Waals surface area contributed by atoms with Crippen molar-refractivity contribution in [3.8, 4) is 11.8 Å². The van der Waals surface area contributed by atoms with Gasteiger partial charge in [-0.25, -0.2) is 4.79 Å². The third-order valence-corrected chi connectivity index (χ3v) is 5.81. The Hall–Kier alpha value is -2.05. The van der Waals surface area contributed by atoms with Crippen LogP contribution in [0.15, 0.2) is 34.7 Å². The minimum atomic E-state index is -0.252. The number of carbonyl (C=O) groups excluding carboxylic acids is 1. The molecule has 1 heterocycles. The zero-order valence-electron chi connectivity index (χ0n) is 15.4. The molecule has 1 aromatic carbocycles. The van der Waals surface area contributed by atoms with Crippen molar-refractivity contribution in [3.05, 3.63) is 45.9 Å². The summed E-state index contributed by atoms with van der Waals surface area (Å²) in [5, 5.41) is 2.82. The first-order valence-corrected chi connectivity index (χ1v) is 9.71. The molecule has 130 valence electrons. The standard InChI is InChI=1S/C22H24O2S/c1-5-24-21(23)18-14-25-20-13-16(8-10-17(18)20)9-11-19-15(2)7-6-12-22(19,3)4/h8,10,13-14H,5-7,12H2,1-4H3. The maximum absolute atomic E-state index is 12.0. The monoisotopic (exact) mass is 352 g/mol. The average molecular weight is 352 g/mol. The molecule has 0 spiro atoms. The fourth-order valence-corrected chi connectivity index (χ4v) is 4.47. The predicted molar refractivity (Wildman–Crippen MR) is 105 cm³/mol. The number of thiophene rings is 1. The van der Waals surface area contributed by atoms with Gasteiger partial charge in [-0.05, 0) is 50.7 Å². The van der Waals surface area contributed by atoms with Gasteiger partial charge in [0, 0.05) is 26.6 Å². The lowest BCUT2D eigenvalue weighted by Gasteiger charge is -2.31. The van der Waals surface area contributed by atoms with E-state index in [4.69, 9.17) is 4.74 Å². The van der Waals surface area contributed by atoms with Crippen molar-refractivity contribution >= 4 is 27.4 Å². The quantitative estimate of drug-likeness (QED) is 0.493. The van der Waals surface area contributed by atoms with Crippen LogP contribution in [0.5, 0.6) is 0 Å². The van der Waals surface area contributed by atoms with E-state index >= 15 is 0 Å². The van der Waals surface area contributed by atoms with Crippen LogP contribution in [0.3, 0.4) is 0 Å². The first kappa shape index (κ1) is 17.8. The van der Waals surface area contributed by atoms with E-state index in [0.717, 1.165) is 22.1 Å². The van der Waals surface area contributed by atoms with Crippen molar-refractivity contribution in [1.82, 2.24) is 0 Å². The van der Waals surface area contributed by atoms with Crippen LogP contribution >= 0.6 is 11.3 Å². The summed E-state index contributed by atoms with van der Waals surface area (Å²) in [6, 6.07) is 6.05. The van der Waals surface area contributed by atoms with Gasteiger partial charge in [0.25, 0.3) is 0 Å². The maximum Gasteiger partial charge on any atom is 0.339 e. The highest BCUT2D eigenvalue weighted by molar-refractivity contribution is 7.17. The summed E-state index contributed by atoms with van der Waals surface area (Å²) in [6.07, 6.45) is 3.60. The molecule has 1 aromatic heterocycles. The second kappa shape index (κ2) is 7.06. The van der Waals surface area contributed by atoms with Crippen LogP contribution in [0.4, 0.5) is 0 Å². The molecule has 0 amide bonds. The number of allylic oxidation sites excluding steroid dienone is 2. The fourth-order valence-electron chi connectivity index (χ4n) is 3.51. The lowest BCUT2D eigenvalue weighted by atomic mass is 9.73. The molecule has 0 atom stereocenters. The topological polar surface area (TPSA) is 26.3 Å². The van der Waals surface area contributed by atoms with E-state index in [1.807, 2.05) is 24.4 Å². The summed E-state index contributed by atoms with van der Waals surface area (Å²) in [5.74, 6) is 6.52. The Kier molecular flexibility index (Phi) is 5.01. The molecule has 1 aliphatic rings. The highest BCUT2D eigenvalue weighted by atomic mass is 32.1. The molecule has 0 unspecified atom stereocenters. The molecule has 0 N–H and O–H groups in total. The van der Waals surface area contributed by atoms with Gasteiger partial charge in [-0.2, -0.15) is 0 Å². The predicted octanol–water partition coefficient (Wildman–Crippen LogP) is 5.96. The Balaban J connectivity index is 1.93. The molecule has 0 saturated carbocycles. The van der Waals surface area contributed by atoms with Crippen molar-refractivity contribution < 1.29 is 9.53 Å². The summed E-state index contributed by atoms with van der Waals surface area (Å²) < 4.78 is 6.19. The molecule has 1 aliphatic carbocycles. The van der Waals surface area contributed by atoms with E-state index < -0.39 is 0 Å². The summed E-state index contributed by atoms with van der Waals surface area (Å²) in [5.41, 5.74) is 4.52. The molecule has 0 aliphatic heterocycles. The molecule has 3 rings (SSSR count). The zero-order valence-corrected chi connectivity index (χ0v) is 16.2. The molecule has 2 nitrogen and oxygen atoms in total. The average Bonchev–Trinajstić information content (AvgIpc) is 2.97. The van der Waals surface area contributed by atoms with Crippen LogP contribution in [-0.2, 0) is 4.74 Å². The largest absolute Gasteiger partial charge is 0.462 e. The third kappa shape index (κ3) is 3.65. The third-order valence-electron chi connectivity index (χ3n) is 4.86. The van der Waals surface area contributed by atoms with Crippen LogP contribution in [0.25, 0.3) is 10.1 Å². The zero-order chi connectivity index (χ0) is 18.0. The van der Waals surface area contributed by atoms with Gasteiger partial charge in [0.05, 0.1) is 12.2 Å². The van der Waals surface area contributed by atoms with Crippen LogP contribution in [0.1, 0.15) is 62.9 Å². The second-order valence-electron chi connectivity index (χ2n) is 7.22. The van der Waals surface area contributed by atoms with Gasteiger partial charge in [0.15, 0.2) is 0 Å². The van der Waals surface area contributed by atoms with E-state index in [9.17, 15) is 4.79 Å². The van der Waals surface area contributed by atoms with E-state index in [1.54, 1.807) is 11.3 Å². The first-order valence-electron chi connectivity index (χ1n) is 8.83. The lowest BCUT2D eigenvalue weighted by Crippen LogP contribution is -2.19. The SMILES string of the molecule is CCOC(=O)c1csc2cc(C#CC3=C(C)CCCC3(C)C)ccc12. The van der Waals surface area contributed by atoms with E-state index in [0.29, 0.717) is 12.2 Å². The highest BCUT2D eigenvalue weighted by Gasteiger charge is 2.27. The number of carbonyl (C=O) groups is 1. The summed E-state index contributed by atoms with van der Waals surface area (Å²) in [4.78, 5) is 12.0. The van der Waals surface area contributed by atoms with Crippen molar-refractivity contribution in [2.45, 2.75) is 47.0 Å². The van der Waals surface area contributed by atoms with Crippen molar-refractivity contribution in [2.75, 3.05) is 6.61 Å². The van der Waals surface area contributed by atoms with Crippen molar-refractivity contribution in [1.29, 1.82) is 0 Å². The Labute approximate surface area is 153 Å². The van der Waals surface area contributed by atoms with E-state index in [2.05, 4.69) is 38.7 Å². The van der Waals surface area contributed by atoms with Gasteiger partial charge in [-0.15, -0.1) is 11.3 Å². The molecule has 0 bridgehead atoms. The summed E-state index contributed by atoms with van der Waals surface area (Å²) in [7, 11) is 0. The minimum absolute atomic E-state index is 0.166. The van der Waals surface area contributed by atoms with Gasteiger partial charge >= 0.3 is 5.97 Å². The lowest BCUT2D eigenvalue weighted by molar-refractivity contribution is 0.0529. The maximum atomic E-state index is 12.0. The van der Waals surface area contributed by atoms with Gasteiger partial charge in [-0.3, -0.25) is 0 Å². The van der Waals surface area contributed by atoms with Crippen molar-refractivity contribution in [3.63, 3.8) is 0 Å². The number of esters is 1. The van der Waals surface area contributed by atoms with Crippen LogP contribution < -0.4 is 0 Å². The van der Waals surface area contributed by atoms with E-state index in [1.165, 1.54) is 24.0 Å². The molecule has 2 aromatic rings. The molecular formula is C22H24O2S. The molecule has 0 fully saturated rings. The van der Waals surface area contributed by atoms with E-state index in [-0.39, 0.29) is 11.4 Å².